The van der Waals surface area contributed by atoms with Gasteiger partial charge < -0.3 is 4.74 Å². The first kappa shape index (κ1) is 16.6. The second kappa shape index (κ2) is 6.16. The van der Waals surface area contributed by atoms with E-state index in [-0.39, 0.29) is 23.9 Å². The molecule has 1 spiro atoms. The molecule has 1 aromatic rings. The van der Waals surface area contributed by atoms with Crippen LogP contribution in [0, 0.1) is 0 Å². The molecule has 6 heteroatoms. The molecule has 0 radical (unpaired) electrons. The zero-order valence-corrected chi connectivity index (χ0v) is 15.0. The number of halogens is 2. The molecular formula is C19H20F2N2OS. The van der Waals surface area contributed by atoms with Crippen molar-refractivity contribution in [2.45, 2.75) is 43.8 Å². The van der Waals surface area contributed by atoms with Gasteiger partial charge in [0.15, 0.2) is 0 Å². The third-order valence-corrected chi connectivity index (χ3v) is 6.13. The molecule has 0 fully saturated rings. The van der Waals surface area contributed by atoms with Gasteiger partial charge in [-0.3, -0.25) is 5.01 Å². The fraction of sp³-hybridized carbons (Fsp3) is 0.421. The maximum Gasteiger partial charge on any atom is 0.141 e. The van der Waals surface area contributed by atoms with Gasteiger partial charge in [-0.1, -0.05) is 30.0 Å². The van der Waals surface area contributed by atoms with Crippen molar-refractivity contribution in [1.29, 1.82) is 0 Å². The van der Waals surface area contributed by atoms with Crippen LogP contribution in [0.15, 0.2) is 52.9 Å². The Morgan fingerprint density at radius 2 is 2.16 bits per heavy atom. The Labute approximate surface area is 150 Å². The summed E-state index contributed by atoms with van der Waals surface area (Å²) in [6, 6.07) is 8.02. The lowest BCUT2D eigenvalue weighted by molar-refractivity contribution is 0.0945. The highest BCUT2D eigenvalue weighted by Crippen LogP contribution is 2.55. The van der Waals surface area contributed by atoms with E-state index in [4.69, 9.17) is 9.84 Å². The van der Waals surface area contributed by atoms with E-state index in [9.17, 15) is 8.78 Å². The Balaban J connectivity index is 1.79. The molecular weight excluding hydrogens is 342 g/mol. The molecule has 1 aliphatic carbocycles. The van der Waals surface area contributed by atoms with Crippen molar-refractivity contribution < 1.29 is 13.5 Å². The number of hydrogen-bond acceptors (Lipinski definition) is 4. The second-order valence-corrected chi connectivity index (χ2v) is 7.97. The quantitative estimate of drug-likeness (QED) is 0.747. The summed E-state index contributed by atoms with van der Waals surface area (Å²) in [7, 11) is 0. The molecule has 0 amide bonds. The summed E-state index contributed by atoms with van der Waals surface area (Å²) in [5.41, 5.74) is 1.31. The zero-order chi connectivity index (χ0) is 17.6. The zero-order valence-electron chi connectivity index (χ0n) is 14.2. The number of rotatable bonds is 2. The van der Waals surface area contributed by atoms with Crippen LogP contribution in [0.1, 0.15) is 32.3 Å². The molecule has 1 aromatic carbocycles. The summed E-state index contributed by atoms with van der Waals surface area (Å²) >= 11 is 1.51. The van der Waals surface area contributed by atoms with Gasteiger partial charge in [-0.05, 0) is 32.1 Å². The van der Waals surface area contributed by atoms with Gasteiger partial charge in [0, 0.05) is 30.0 Å². The van der Waals surface area contributed by atoms with E-state index in [2.05, 4.69) is 13.8 Å². The number of para-hydroxylation sites is 1. The highest BCUT2D eigenvalue weighted by atomic mass is 32.2. The lowest BCUT2D eigenvalue weighted by atomic mass is 9.98. The monoisotopic (exact) mass is 362 g/mol. The fourth-order valence-corrected chi connectivity index (χ4v) is 5.10. The molecule has 3 nitrogen and oxygen atoms in total. The van der Waals surface area contributed by atoms with Crippen molar-refractivity contribution >= 4 is 16.8 Å². The van der Waals surface area contributed by atoms with Crippen LogP contribution in [0.5, 0.6) is 5.75 Å². The molecule has 0 aromatic heterocycles. The van der Waals surface area contributed by atoms with Crippen LogP contribution < -0.4 is 4.74 Å². The average molecular weight is 362 g/mol. The highest BCUT2D eigenvalue weighted by molar-refractivity contribution is 8.15. The first-order chi connectivity index (χ1) is 12.0. The first-order valence-electron chi connectivity index (χ1n) is 8.53. The van der Waals surface area contributed by atoms with Crippen molar-refractivity contribution in [1.82, 2.24) is 5.01 Å². The second-order valence-electron chi connectivity index (χ2n) is 6.71. The lowest BCUT2D eigenvalue weighted by Crippen LogP contribution is -2.44. The van der Waals surface area contributed by atoms with Gasteiger partial charge in [-0.15, -0.1) is 0 Å². The summed E-state index contributed by atoms with van der Waals surface area (Å²) in [6.07, 6.45) is 2.32. The molecule has 3 aliphatic rings. The lowest BCUT2D eigenvalue weighted by Gasteiger charge is -2.42. The molecule has 2 aliphatic heterocycles. The molecule has 2 heterocycles. The largest absolute Gasteiger partial charge is 0.493 e. The van der Waals surface area contributed by atoms with Gasteiger partial charge in [0.05, 0.1) is 6.61 Å². The van der Waals surface area contributed by atoms with Crippen LogP contribution >= 0.6 is 11.8 Å². The van der Waals surface area contributed by atoms with E-state index in [0.29, 0.717) is 11.7 Å². The summed E-state index contributed by atoms with van der Waals surface area (Å²) in [5.74, 6) is 0.446. The normalized spacial score (nSPS) is 28.4. The van der Waals surface area contributed by atoms with Crippen LogP contribution in [0.3, 0.4) is 0 Å². The molecule has 2 unspecified atom stereocenters. The Bertz CT molecular complexity index is 789. The molecule has 0 N–H and O–H groups in total. The maximum absolute atomic E-state index is 14.3. The highest BCUT2D eigenvalue weighted by Gasteiger charge is 2.50. The maximum atomic E-state index is 14.3. The molecule has 0 saturated carbocycles. The van der Waals surface area contributed by atoms with Crippen LogP contribution in [0.2, 0.25) is 0 Å². The Hall–Kier alpha value is -1.82. The molecule has 0 saturated heterocycles. The topological polar surface area (TPSA) is 24.8 Å². The number of benzene rings is 1. The number of alkyl halides is 1. The van der Waals surface area contributed by atoms with E-state index in [1.165, 1.54) is 23.9 Å². The minimum atomic E-state index is -1.16. The number of ether oxygens (including phenoxy) is 1. The number of fused-ring (bicyclic) bond motifs is 2. The molecule has 0 bridgehead atoms. The van der Waals surface area contributed by atoms with Gasteiger partial charge >= 0.3 is 0 Å². The first-order valence-corrected chi connectivity index (χ1v) is 9.34. The van der Waals surface area contributed by atoms with E-state index in [0.717, 1.165) is 17.7 Å². The number of nitrogens with zero attached hydrogens (tertiary/aromatic N) is 2. The minimum Gasteiger partial charge on any atom is -0.493 e. The Kier molecular flexibility index (Phi) is 4.10. The molecule has 2 atom stereocenters. The number of hydrogen-bond donors (Lipinski definition) is 0. The van der Waals surface area contributed by atoms with Crippen molar-refractivity contribution in [3.05, 3.63) is 53.4 Å². The van der Waals surface area contributed by atoms with Crippen LogP contribution in [-0.4, -0.2) is 28.9 Å². The molecule has 25 heavy (non-hydrogen) atoms. The van der Waals surface area contributed by atoms with Crippen molar-refractivity contribution in [3.8, 4) is 5.75 Å². The van der Waals surface area contributed by atoms with Crippen LogP contribution in [-0.2, 0) is 4.87 Å². The number of hydrazone groups is 1. The van der Waals surface area contributed by atoms with Gasteiger partial charge in [-0.2, -0.15) is 5.10 Å². The van der Waals surface area contributed by atoms with Crippen molar-refractivity contribution in [2.75, 3.05) is 6.61 Å². The predicted molar refractivity (Wildman–Crippen MR) is 97.0 cm³/mol. The Morgan fingerprint density at radius 1 is 1.36 bits per heavy atom. The minimum absolute atomic E-state index is 0.0863. The van der Waals surface area contributed by atoms with Crippen molar-refractivity contribution in [2.24, 2.45) is 5.10 Å². The van der Waals surface area contributed by atoms with Crippen molar-refractivity contribution in [3.63, 3.8) is 0 Å². The third kappa shape index (κ3) is 2.67. The molecule has 132 valence electrons. The summed E-state index contributed by atoms with van der Waals surface area (Å²) in [4.78, 5) is -0.442. The number of thioether (sulfide) groups is 1. The predicted octanol–water partition coefficient (Wildman–Crippen LogP) is 4.91. The molecule has 4 rings (SSSR count). The van der Waals surface area contributed by atoms with E-state index < -0.39 is 11.0 Å². The van der Waals surface area contributed by atoms with E-state index >= 15 is 0 Å². The van der Waals surface area contributed by atoms with Crippen LogP contribution in [0.25, 0.3) is 0 Å². The SMILES string of the molecule is CC(C)N1N=C(C2=CC(F)CC=C2F)SC12CCOc1ccccc12. The van der Waals surface area contributed by atoms with Gasteiger partial charge in [-0.25, -0.2) is 8.78 Å². The summed E-state index contributed by atoms with van der Waals surface area (Å²) in [6.45, 7) is 4.69. The van der Waals surface area contributed by atoms with Gasteiger partial charge in [0.2, 0.25) is 0 Å². The van der Waals surface area contributed by atoms with Crippen LogP contribution in [0.4, 0.5) is 8.78 Å². The van der Waals surface area contributed by atoms with Gasteiger partial charge in [0.1, 0.15) is 27.7 Å². The van der Waals surface area contributed by atoms with Gasteiger partial charge in [0.25, 0.3) is 0 Å². The average Bonchev–Trinajstić information content (AvgIpc) is 2.98. The summed E-state index contributed by atoms with van der Waals surface area (Å²) in [5, 5.41) is 7.27. The fourth-order valence-electron chi connectivity index (χ4n) is 3.57. The standard InChI is InChI=1S/C19H20F2N2OS/c1-12(2)23-19(9-10-24-17-6-4-3-5-15(17)19)25-18(22-23)14-11-13(20)7-8-16(14)21/h3-6,8,11-13H,7,9-10H2,1-2H3. The summed E-state index contributed by atoms with van der Waals surface area (Å²) < 4.78 is 34.0. The number of allylic oxidation sites excluding steroid dienone is 3. The van der Waals surface area contributed by atoms with E-state index in [1.54, 1.807) is 0 Å². The van der Waals surface area contributed by atoms with E-state index in [1.807, 2.05) is 29.3 Å². The smallest absolute Gasteiger partial charge is 0.141 e. The Morgan fingerprint density at radius 3 is 2.96 bits per heavy atom. The third-order valence-electron chi connectivity index (χ3n) is 4.69.